The van der Waals surface area contributed by atoms with Crippen LogP contribution < -0.4 is 9.54 Å². The van der Waals surface area contributed by atoms with E-state index in [1.807, 2.05) is 22.8 Å². The summed E-state index contributed by atoms with van der Waals surface area (Å²) in [6, 6.07) is 11.2. The van der Waals surface area contributed by atoms with Crippen LogP contribution in [0.2, 0.25) is 0 Å². The molecule has 0 fully saturated rings. The summed E-state index contributed by atoms with van der Waals surface area (Å²) in [4.78, 5) is 27.6. The highest BCUT2D eigenvalue weighted by Crippen LogP contribution is 2.23. The predicted molar refractivity (Wildman–Crippen MR) is 99.6 cm³/mol. The van der Waals surface area contributed by atoms with Gasteiger partial charge < -0.3 is 9.30 Å². The summed E-state index contributed by atoms with van der Waals surface area (Å²) < 4.78 is 8.28. The molecule has 0 unspecified atom stereocenters. The first-order valence-corrected chi connectivity index (χ1v) is 8.86. The lowest BCUT2D eigenvalue weighted by molar-refractivity contribution is -0.384. The zero-order chi connectivity index (χ0) is 18.7. The Kier molecular flexibility index (Phi) is 5.13. The van der Waals surface area contributed by atoms with Crippen molar-refractivity contribution in [3.63, 3.8) is 0 Å². The predicted octanol–water partition coefficient (Wildman–Crippen LogP) is 3.77. The number of rotatable bonds is 5. The Morgan fingerprint density at radius 1 is 1.27 bits per heavy atom. The van der Waals surface area contributed by atoms with Gasteiger partial charge in [0.2, 0.25) is 0 Å². The zero-order valence-electron chi connectivity index (χ0n) is 14.3. The van der Waals surface area contributed by atoms with Crippen LogP contribution in [0.25, 0.3) is 10.2 Å². The van der Waals surface area contributed by atoms with Crippen molar-refractivity contribution in [1.29, 1.82) is 0 Å². The number of nitrogens with zero attached hydrogens (tertiary/aromatic N) is 3. The number of hydrogen-bond donors (Lipinski definition) is 0. The molecule has 1 aromatic heterocycles. The van der Waals surface area contributed by atoms with Gasteiger partial charge in [0.05, 0.1) is 22.2 Å². The smallest absolute Gasteiger partial charge is 0.279 e. The number of benzene rings is 2. The summed E-state index contributed by atoms with van der Waals surface area (Å²) in [5.74, 6) is 0.316. The molecule has 8 heteroatoms. The van der Waals surface area contributed by atoms with Crippen molar-refractivity contribution in [1.82, 2.24) is 4.57 Å². The summed E-state index contributed by atoms with van der Waals surface area (Å²) >= 11 is 1.43. The molecule has 0 spiro atoms. The highest BCUT2D eigenvalue weighted by molar-refractivity contribution is 7.16. The highest BCUT2D eigenvalue weighted by atomic mass is 32.1. The van der Waals surface area contributed by atoms with E-state index in [0.717, 1.165) is 28.9 Å². The molecule has 2 aromatic carbocycles. The van der Waals surface area contributed by atoms with E-state index in [-0.39, 0.29) is 5.69 Å². The summed E-state index contributed by atoms with van der Waals surface area (Å²) in [5, 5.41) is 10.7. The third-order valence-electron chi connectivity index (χ3n) is 3.86. The molecular weight excluding hydrogens is 354 g/mol. The number of fused-ring (bicyclic) bond motifs is 1. The van der Waals surface area contributed by atoms with E-state index in [4.69, 9.17) is 4.74 Å². The van der Waals surface area contributed by atoms with Gasteiger partial charge in [-0.1, -0.05) is 18.3 Å². The minimum absolute atomic E-state index is 0.0587. The quantitative estimate of drug-likeness (QED) is 0.504. The molecule has 1 amide bonds. The van der Waals surface area contributed by atoms with E-state index >= 15 is 0 Å². The maximum Gasteiger partial charge on any atom is 0.279 e. The molecular formula is C18H17N3O4S. The molecule has 0 aliphatic heterocycles. The van der Waals surface area contributed by atoms with Crippen molar-refractivity contribution < 1.29 is 14.5 Å². The second-order valence-corrected chi connectivity index (χ2v) is 6.60. The lowest BCUT2D eigenvalue weighted by Gasteiger charge is -2.04. The fourth-order valence-electron chi connectivity index (χ4n) is 2.58. The van der Waals surface area contributed by atoms with Crippen LogP contribution in [0.5, 0.6) is 5.75 Å². The number of thiazole rings is 1. The van der Waals surface area contributed by atoms with Crippen molar-refractivity contribution in [2.75, 3.05) is 7.11 Å². The van der Waals surface area contributed by atoms with Gasteiger partial charge in [-0.3, -0.25) is 14.9 Å². The first-order valence-electron chi connectivity index (χ1n) is 8.04. The second-order valence-electron chi connectivity index (χ2n) is 5.59. The number of aromatic nitrogens is 1. The largest absolute Gasteiger partial charge is 0.497 e. The lowest BCUT2D eigenvalue weighted by Crippen LogP contribution is -2.16. The first kappa shape index (κ1) is 17.8. The van der Waals surface area contributed by atoms with Gasteiger partial charge in [0.1, 0.15) is 5.75 Å². The Balaban J connectivity index is 2.06. The number of carbonyl (C=O) groups is 1. The van der Waals surface area contributed by atoms with Crippen LogP contribution in [-0.2, 0) is 6.54 Å². The zero-order valence-corrected chi connectivity index (χ0v) is 15.2. The molecule has 1 heterocycles. The number of aryl methyl sites for hydroxylation is 1. The second kappa shape index (κ2) is 7.49. The Labute approximate surface area is 153 Å². The van der Waals surface area contributed by atoms with Gasteiger partial charge in [0.15, 0.2) is 4.80 Å². The lowest BCUT2D eigenvalue weighted by atomic mass is 10.2. The standard InChI is InChI=1S/C18H17N3O4S/c1-3-10-20-15-11-14(25-2)8-9-16(15)26-18(20)19-17(22)12-4-6-13(7-5-12)21(23)24/h4-9,11H,3,10H2,1-2H3. The maximum atomic E-state index is 12.5. The Morgan fingerprint density at radius 2 is 2.00 bits per heavy atom. The van der Waals surface area contributed by atoms with Crippen molar-refractivity contribution in [3.8, 4) is 5.75 Å². The molecule has 0 saturated carbocycles. The van der Waals surface area contributed by atoms with Crippen LogP contribution in [0.1, 0.15) is 23.7 Å². The van der Waals surface area contributed by atoms with Crippen LogP contribution in [0.15, 0.2) is 47.5 Å². The summed E-state index contributed by atoms with van der Waals surface area (Å²) in [5.41, 5.74) is 1.22. The Hall–Kier alpha value is -3.00. The molecule has 0 radical (unpaired) electrons. The third-order valence-corrected chi connectivity index (χ3v) is 4.92. The van der Waals surface area contributed by atoms with Gasteiger partial charge in [0, 0.05) is 30.3 Å². The average molecular weight is 371 g/mol. The number of hydrogen-bond acceptors (Lipinski definition) is 5. The van der Waals surface area contributed by atoms with Gasteiger partial charge in [-0.15, -0.1) is 0 Å². The van der Waals surface area contributed by atoms with E-state index in [2.05, 4.69) is 11.9 Å². The molecule has 0 bridgehead atoms. The van der Waals surface area contributed by atoms with E-state index in [9.17, 15) is 14.9 Å². The van der Waals surface area contributed by atoms with E-state index in [0.29, 0.717) is 10.4 Å². The van der Waals surface area contributed by atoms with Crippen molar-refractivity contribution in [2.45, 2.75) is 19.9 Å². The van der Waals surface area contributed by atoms with Crippen LogP contribution in [0.3, 0.4) is 0 Å². The van der Waals surface area contributed by atoms with Gasteiger partial charge in [-0.05, 0) is 30.7 Å². The fourth-order valence-corrected chi connectivity index (χ4v) is 3.61. The van der Waals surface area contributed by atoms with Gasteiger partial charge in [0.25, 0.3) is 11.6 Å². The molecule has 0 aliphatic carbocycles. The molecule has 0 saturated heterocycles. The first-order chi connectivity index (χ1) is 12.5. The third kappa shape index (κ3) is 3.50. The van der Waals surface area contributed by atoms with E-state index < -0.39 is 10.8 Å². The molecule has 0 atom stereocenters. The normalized spacial score (nSPS) is 11.7. The number of nitro benzene ring substituents is 1. The molecule has 3 aromatic rings. The number of ether oxygens (including phenoxy) is 1. The van der Waals surface area contributed by atoms with Gasteiger partial charge in [-0.25, -0.2) is 0 Å². The maximum absolute atomic E-state index is 12.5. The molecule has 0 aliphatic rings. The summed E-state index contributed by atoms with van der Waals surface area (Å²) in [7, 11) is 1.61. The van der Waals surface area contributed by atoms with Crippen molar-refractivity contribution >= 4 is 33.1 Å². The Bertz CT molecular complexity index is 1030. The number of amides is 1. The molecule has 3 rings (SSSR count). The van der Waals surface area contributed by atoms with Gasteiger partial charge in [-0.2, -0.15) is 4.99 Å². The molecule has 26 heavy (non-hydrogen) atoms. The van der Waals surface area contributed by atoms with E-state index in [1.54, 1.807) is 7.11 Å². The molecule has 7 nitrogen and oxygen atoms in total. The summed E-state index contributed by atoms with van der Waals surface area (Å²) in [6.45, 7) is 2.78. The number of nitro groups is 1. The number of methoxy groups -OCH3 is 1. The minimum atomic E-state index is -0.500. The van der Waals surface area contributed by atoms with Gasteiger partial charge >= 0.3 is 0 Å². The minimum Gasteiger partial charge on any atom is -0.497 e. The molecule has 134 valence electrons. The topological polar surface area (TPSA) is 86.7 Å². The van der Waals surface area contributed by atoms with Crippen LogP contribution >= 0.6 is 11.3 Å². The fraction of sp³-hybridized carbons (Fsp3) is 0.222. The monoisotopic (exact) mass is 371 g/mol. The summed E-state index contributed by atoms with van der Waals surface area (Å²) in [6.07, 6.45) is 0.891. The highest BCUT2D eigenvalue weighted by Gasteiger charge is 2.11. The SMILES string of the molecule is CCCn1c(=NC(=O)c2ccc([N+](=O)[O-])cc2)sc2ccc(OC)cc21. The van der Waals surface area contributed by atoms with E-state index in [1.165, 1.54) is 35.6 Å². The van der Waals surface area contributed by atoms with Crippen molar-refractivity contribution in [2.24, 2.45) is 4.99 Å². The Morgan fingerprint density at radius 3 is 2.62 bits per heavy atom. The van der Waals surface area contributed by atoms with Crippen LogP contribution in [-0.4, -0.2) is 22.5 Å². The number of non-ortho nitro benzene ring substituents is 1. The molecule has 0 N–H and O–H groups in total. The van der Waals surface area contributed by atoms with Crippen LogP contribution in [0, 0.1) is 10.1 Å². The van der Waals surface area contributed by atoms with Crippen LogP contribution in [0.4, 0.5) is 5.69 Å². The van der Waals surface area contributed by atoms with Crippen molar-refractivity contribution in [3.05, 3.63) is 62.9 Å². The average Bonchev–Trinajstić information content (AvgIpc) is 2.98. The number of carbonyl (C=O) groups excluding carboxylic acids is 1.